The number of anilines is 1. The molecule has 1 aromatic heterocycles. The zero-order valence-electron chi connectivity index (χ0n) is 15.9. The molecule has 0 bridgehead atoms. The van der Waals surface area contributed by atoms with E-state index in [1.807, 2.05) is 6.07 Å². The quantitative estimate of drug-likeness (QED) is 0.574. The van der Waals surface area contributed by atoms with Crippen LogP contribution in [0, 0.1) is 0 Å². The van der Waals surface area contributed by atoms with Gasteiger partial charge in [-0.1, -0.05) is 52.7 Å². The first-order valence-electron chi connectivity index (χ1n) is 9.13. The number of rotatable bonds is 5. The Morgan fingerprint density at radius 1 is 1.06 bits per heavy atom. The normalized spacial score (nSPS) is 15.0. The summed E-state index contributed by atoms with van der Waals surface area (Å²) in [5.41, 5.74) is 0.832. The standard InChI is InChI=1S/C19H16Cl2N4O4S2/c20-14-4-2-1-3-13(14)18-23-24-19(30-18)22-17(26)12-5-6-15(21)16(11-12)31(27,28)25-7-9-29-10-8-25/h1-6,11H,7-10H2,(H,22,24,26). The van der Waals surface area contributed by atoms with Crippen molar-refractivity contribution in [3.63, 3.8) is 0 Å². The van der Waals surface area contributed by atoms with Gasteiger partial charge in [-0.3, -0.25) is 10.1 Å². The largest absolute Gasteiger partial charge is 0.379 e. The number of nitrogens with zero attached hydrogens (tertiary/aromatic N) is 3. The number of amides is 1. The first-order valence-corrected chi connectivity index (χ1v) is 12.1. The first kappa shape index (κ1) is 22.1. The molecule has 162 valence electrons. The van der Waals surface area contributed by atoms with Crippen LogP contribution >= 0.6 is 34.5 Å². The second-order valence-electron chi connectivity index (χ2n) is 6.51. The van der Waals surface area contributed by atoms with Crippen LogP contribution in [0.4, 0.5) is 5.13 Å². The van der Waals surface area contributed by atoms with Gasteiger partial charge in [0.05, 0.1) is 23.3 Å². The molecule has 3 aromatic rings. The van der Waals surface area contributed by atoms with Crippen LogP contribution in [0.1, 0.15) is 10.4 Å². The fourth-order valence-corrected chi connectivity index (χ4v) is 5.92. The molecule has 12 heteroatoms. The van der Waals surface area contributed by atoms with E-state index in [9.17, 15) is 13.2 Å². The maximum atomic E-state index is 13.0. The van der Waals surface area contributed by atoms with E-state index in [2.05, 4.69) is 15.5 Å². The molecule has 2 aromatic carbocycles. The van der Waals surface area contributed by atoms with Gasteiger partial charge in [-0.25, -0.2) is 8.42 Å². The Hall–Kier alpha value is -2.08. The van der Waals surface area contributed by atoms with Gasteiger partial charge in [-0.2, -0.15) is 4.31 Å². The molecular weight excluding hydrogens is 483 g/mol. The molecule has 8 nitrogen and oxygen atoms in total. The first-order chi connectivity index (χ1) is 14.9. The summed E-state index contributed by atoms with van der Waals surface area (Å²) in [6.07, 6.45) is 0. The predicted octanol–water partition coefficient (Wildman–Crippen LogP) is 3.79. The highest BCUT2D eigenvalue weighted by molar-refractivity contribution is 7.89. The van der Waals surface area contributed by atoms with Crippen molar-refractivity contribution in [3.05, 3.63) is 58.1 Å². The highest BCUT2D eigenvalue weighted by Crippen LogP contribution is 2.32. The van der Waals surface area contributed by atoms with Crippen LogP contribution in [-0.4, -0.2) is 55.1 Å². The van der Waals surface area contributed by atoms with E-state index in [-0.39, 0.29) is 33.7 Å². The predicted molar refractivity (Wildman–Crippen MR) is 119 cm³/mol. The van der Waals surface area contributed by atoms with E-state index in [0.717, 1.165) is 11.3 Å². The van der Waals surface area contributed by atoms with Crippen molar-refractivity contribution in [3.8, 4) is 10.6 Å². The number of aromatic nitrogens is 2. The molecule has 0 spiro atoms. The van der Waals surface area contributed by atoms with Crippen LogP contribution in [-0.2, 0) is 14.8 Å². The fraction of sp³-hybridized carbons (Fsp3) is 0.211. The number of sulfonamides is 1. The van der Waals surface area contributed by atoms with Crippen molar-refractivity contribution in [2.24, 2.45) is 0 Å². The number of hydrogen-bond donors (Lipinski definition) is 1. The molecule has 0 aliphatic carbocycles. The van der Waals surface area contributed by atoms with Crippen molar-refractivity contribution >= 4 is 55.6 Å². The Morgan fingerprint density at radius 3 is 2.55 bits per heavy atom. The van der Waals surface area contributed by atoms with Crippen LogP contribution in [0.3, 0.4) is 0 Å². The Bertz CT molecular complexity index is 1230. The number of hydrogen-bond acceptors (Lipinski definition) is 7. The summed E-state index contributed by atoms with van der Waals surface area (Å²) in [5, 5.41) is 12.0. The van der Waals surface area contributed by atoms with Crippen molar-refractivity contribution in [2.45, 2.75) is 4.90 Å². The Labute approximate surface area is 192 Å². The summed E-state index contributed by atoms with van der Waals surface area (Å²) in [5.74, 6) is -0.531. The van der Waals surface area contributed by atoms with Crippen molar-refractivity contribution < 1.29 is 17.9 Å². The zero-order valence-corrected chi connectivity index (χ0v) is 19.1. The second kappa shape index (κ2) is 9.19. The lowest BCUT2D eigenvalue weighted by molar-refractivity contribution is 0.0730. The molecule has 0 unspecified atom stereocenters. The maximum Gasteiger partial charge on any atom is 0.257 e. The molecule has 4 rings (SSSR count). The van der Waals surface area contributed by atoms with E-state index in [1.165, 1.54) is 22.5 Å². The van der Waals surface area contributed by atoms with Gasteiger partial charge in [0.25, 0.3) is 5.91 Å². The third-order valence-corrected chi connectivity index (χ3v) is 8.11. The lowest BCUT2D eigenvalue weighted by Gasteiger charge is -2.26. The fourth-order valence-electron chi connectivity index (χ4n) is 2.95. The molecule has 1 fully saturated rings. The molecule has 0 radical (unpaired) electrons. The van der Waals surface area contributed by atoms with E-state index in [4.69, 9.17) is 27.9 Å². The number of nitrogens with one attached hydrogen (secondary N) is 1. The van der Waals surface area contributed by atoms with Crippen LogP contribution < -0.4 is 5.32 Å². The van der Waals surface area contributed by atoms with Gasteiger partial charge in [0.15, 0.2) is 5.01 Å². The molecule has 0 atom stereocenters. The molecule has 31 heavy (non-hydrogen) atoms. The topological polar surface area (TPSA) is 101 Å². The lowest BCUT2D eigenvalue weighted by Crippen LogP contribution is -2.40. The van der Waals surface area contributed by atoms with Crippen LogP contribution in [0.2, 0.25) is 10.0 Å². The third-order valence-electron chi connectivity index (χ3n) is 4.53. The van der Waals surface area contributed by atoms with Gasteiger partial charge in [0.2, 0.25) is 15.2 Å². The third kappa shape index (κ3) is 4.74. The van der Waals surface area contributed by atoms with Crippen LogP contribution in [0.25, 0.3) is 10.6 Å². The SMILES string of the molecule is O=C(Nc1nnc(-c2ccccc2Cl)s1)c1ccc(Cl)c(S(=O)(=O)N2CCOCC2)c1. The molecular formula is C19H16Cl2N4O4S2. The molecule has 1 N–H and O–H groups in total. The van der Waals surface area contributed by atoms with Gasteiger partial charge in [0, 0.05) is 24.2 Å². The minimum Gasteiger partial charge on any atom is -0.379 e. The van der Waals surface area contributed by atoms with E-state index >= 15 is 0 Å². The average molecular weight is 499 g/mol. The van der Waals surface area contributed by atoms with Gasteiger partial charge >= 0.3 is 0 Å². The average Bonchev–Trinajstić information content (AvgIpc) is 3.23. The maximum absolute atomic E-state index is 13.0. The van der Waals surface area contributed by atoms with Crippen molar-refractivity contribution in [1.29, 1.82) is 0 Å². The smallest absolute Gasteiger partial charge is 0.257 e. The van der Waals surface area contributed by atoms with Crippen molar-refractivity contribution in [1.82, 2.24) is 14.5 Å². The zero-order chi connectivity index (χ0) is 22.0. The molecule has 1 aliphatic heterocycles. The number of morpholine rings is 1. The molecule has 1 amide bonds. The van der Waals surface area contributed by atoms with E-state index < -0.39 is 15.9 Å². The number of carbonyl (C=O) groups excluding carboxylic acids is 1. The monoisotopic (exact) mass is 498 g/mol. The minimum atomic E-state index is -3.86. The summed E-state index contributed by atoms with van der Waals surface area (Å²) < 4.78 is 32.4. The summed E-state index contributed by atoms with van der Waals surface area (Å²) in [6, 6.07) is 11.3. The number of halogens is 2. The number of carbonyl (C=O) groups is 1. The molecule has 2 heterocycles. The van der Waals surface area contributed by atoms with E-state index in [0.29, 0.717) is 28.8 Å². The summed E-state index contributed by atoms with van der Waals surface area (Å²) in [7, 11) is -3.86. The summed E-state index contributed by atoms with van der Waals surface area (Å²) in [4.78, 5) is 12.6. The van der Waals surface area contributed by atoms with Crippen LogP contribution in [0.5, 0.6) is 0 Å². The Morgan fingerprint density at radius 2 is 1.81 bits per heavy atom. The summed E-state index contributed by atoms with van der Waals surface area (Å²) >= 11 is 13.5. The molecule has 1 saturated heterocycles. The lowest BCUT2D eigenvalue weighted by atomic mass is 10.2. The minimum absolute atomic E-state index is 0.0416. The van der Waals surface area contributed by atoms with Crippen LogP contribution in [0.15, 0.2) is 47.4 Å². The highest BCUT2D eigenvalue weighted by Gasteiger charge is 2.29. The Balaban J connectivity index is 1.56. The molecule has 0 saturated carbocycles. The second-order valence-corrected chi connectivity index (χ2v) is 10.2. The van der Waals surface area contributed by atoms with Crippen molar-refractivity contribution in [2.75, 3.05) is 31.6 Å². The molecule has 1 aliphatic rings. The Kier molecular flexibility index (Phi) is 6.56. The number of ether oxygens (including phenoxy) is 1. The van der Waals surface area contributed by atoms with Gasteiger partial charge < -0.3 is 4.74 Å². The van der Waals surface area contributed by atoms with E-state index in [1.54, 1.807) is 18.2 Å². The summed E-state index contributed by atoms with van der Waals surface area (Å²) in [6.45, 7) is 1.07. The number of benzene rings is 2. The highest BCUT2D eigenvalue weighted by atomic mass is 35.5. The van der Waals surface area contributed by atoms with Gasteiger partial charge in [-0.05, 0) is 24.3 Å². The van der Waals surface area contributed by atoms with Gasteiger partial charge in [0.1, 0.15) is 4.90 Å². The van der Waals surface area contributed by atoms with Gasteiger partial charge in [-0.15, -0.1) is 10.2 Å².